The molecule has 0 saturated carbocycles. The average Bonchev–Trinajstić information content (AvgIpc) is 2.64. The van der Waals surface area contributed by atoms with E-state index in [1.54, 1.807) is 7.11 Å². The van der Waals surface area contributed by atoms with Crippen molar-refractivity contribution < 1.29 is 4.74 Å². The molecule has 2 N–H and O–H groups in total. The Morgan fingerprint density at radius 2 is 2.06 bits per heavy atom. The molecular formula is C14H27N3O. The minimum atomic E-state index is -0.00338. The molecule has 1 aromatic heterocycles. The van der Waals surface area contributed by atoms with Gasteiger partial charge in [0.25, 0.3) is 0 Å². The van der Waals surface area contributed by atoms with Crippen molar-refractivity contribution in [3.63, 3.8) is 0 Å². The highest BCUT2D eigenvalue weighted by molar-refractivity contribution is 5.05. The predicted molar refractivity (Wildman–Crippen MR) is 74.3 cm³/mol. The van der Waals surface area contributed by atoms with E-state index in [0.717, 1.165) is 24.6 Å². The van der Waals surface area contributed by atoms with Gasteiger partial charge in [0.1, 0.15) is 11.9 Å². The van der Waals surface area contributed by atoms with Crippen LogP contribution in [0, 0.1) is 11.3 Å². The Morgan fingerprint density at radius 3 is 2.56 bits per heavy atom. The number of hydrogen-bond acceptors (Lipinski definition) is 3. The van der Waals surface area contributed by atoms with Crippen molar-refractivity contribution in [3.05, 3.63) is 17.7 Å². The molecule has 0 aromatic carbocycles. The van der Waals surface area contributed by atoms with E-state index in [0.29, 0.717) is 5.92 Å². The first kappa shape index (κ1) is 15.2. The van der Waals surface area contributed by atoms with Gasteiger partial charge in [-0.3, -0.25) is 0 Å². The Bertz CT molecular complexity index is 352. The Kier molecular flexibility index (Phi) is 5.35. The number of ether oxygens (including phenoxy) is 1. The lowest BCUT2D eigenvalue weighted by Crippen LogP contribution is -2.22. The molecule has 0 radical (unpaired) electrons. The van der Waals surface area contributed by atoms with Gasteiger partial charge in [-0.2, -0.15) is 0 Å². The first-order chi connectivity index (χ1) is 8.34. The van der Waals surface area contributed by atoms with Gasteiger partial charge >= 0.3 is 0 Å². The van der Waals surface area contributed by atoms with Crippen LogP contribution in [0.4, 0.5) is 0 Å². The molecule has 4 heteroatoms. The number of imidazole rings is 1. The molecule has 104 valence electrons. The normalized spacial score (nSPS) is 14.2. The van der Waals surface area contributed by atoms with E-state index >= 15 is 0 Å². The Morgan fingerprint density at radius 1 is 1.39 bits per heavy atom. The zero-order chi connectivity index (χ0) is 13.8. The zero-order valence-electron chi connectivity index (χ0n) is 12.5. The second kappa shape index (κ2) is 6.34. The van der Waals surface area contributed by atoms with Crippen molar-refractivity contribution in [2.75, 3.05) is 13.7 Å². The summed E-state index contributed by atoms with van der Waals surface area (Å²) in [5, 5.41) is 3.40. The van der Waals surface area contributed by atoms with Gasteiger partial charge in [-0.1, -0.05) is 34.6 Å². The molecule has 18 heavy (non-hydrogen) atoms. The molecule has 1 rings (SSSR count). The maximum Gasteiger partial charge on any atom is 0.136 e. The lowest BCUT2D eigenvalue weighted by molar-refractivity contribution is 0.00919. The Balaban J connectivity index is 2.62. The standard InChI is InChI=1S/C14H27N3O/c1-10(2)7-15-8-11-9-16-13(17-11)12(18-6)14(3,4)5/h9-10,12,15H,7-8H2,1-6H3,(H,16,17). The van der Waals surface area contributed by atoms with Crippen LogP contribution in [0.2, 0.25) is 0 Å². The molecule has 1 aromatic rings. The molecule has 1 atom stereocenters. The van der Waals surface area contributed by atoms with E-state index in [1.807, 2.05) is 6.20 Å². The molecule has 4 nitrogen and oxygen atoms in total. The van der Waals surface area contributed by atoms with Gasteiger partial charge in [0.05, 0.1) is 0 Å². The molecule has 0 aliphatic carbocycles. The largest absolute Gasteiger partial charge is 0.373 e. The van der Waals surface area contributed by atoms with Gasteiger partial charge in [0.2, 0.25) is 0 Å². The summed E-state index contributed by atoms with van der Waals surface area (Å²) < 4.78 is 5.54. The number of nitrogens with one attached hydrogen (secondary N) is 2. The summed E-state index contributed by atoms with van der Waals surface area (Å²) in [6.45, 7) is 12.7. The molecular weight excluding hydrogens is 226 g/mol. The number of rotatable bonds is 6. The summed E-state index contributed by atoms with van der Waals surface area (Å²) in [5.41, 5.74) is 1.15. The van der Waals surface area contributed by atoms with Crippen molar-refractivity contribution in [2.24, 2.45) is 11.3 Å². The number of methoxy groups -OCH3 is 1. The van der Waals surface area contributed by atoms with E-state index < -0.39 is 0 Å². The lowest BCUT2D eigenvalue weighted by atomic mass is 9.88. The number of hydrogen-bond donors (Lipinski definition) is 2. The van der Waals surface area contributed by atoms with Crippen molar-refractivity contribution in [2.45, 2.75) is 47.3 Å². The summed E-state index contributed by atoms with van der Waals surface area (Å²) in [6.07, 6.45) is 1.89. The van der Waals surface area contributed by atoms with Crippen molar-refractivity contribution in [1.82, 2.24) is 15.3 Å². The third-order valence-electron chi connectivity index (χ3n) is 2.79. The van der Waals surface area contributed by atoms with Crippen LogP contribution in [-0.4, -0.2) is 23.6 Å². The maximum absolute atomic E-state index is 5.54. The van der Waals surface area contributed by atoms with Crippen LogP contribution < -0.4 is 5.32 Å². The van der Waals surface area contributed by atoms with Gasteiger partial charge in [-0.15, -0.1) is 0 Å². The van der Waals surface area contributed by atoms with Crippen LogP contribution in [0.3, 0.4) is 0 Å². The van der Waals surface area contributed by atoms with E-state index in [2.05, 4.69) is 49.9 Å². The van der Waals surface area contributed by atoms with Gasteiger partial charge in [0, 0.05) is 25.5 Å². The van der Waals surface area contributed by atoms with Gasteiger partial charge in [-0.25, -0.2) is 4.98 Å². The highest BCUT2D eigenvalue weighted by Gasteiger charge is 2.28. The van der Waals surface area contributed by atoms with Gasteiger partial charge < -0.3 is 15.0 Å². The first-order valence-corrected chi connectivity index (χ1v) is 6.62. The predicted octanol–water partition coefficient (Wildman–Crippen LogP) is 2.89. The molecule has 0 spiro atoms. The minimum absolute atomic E-state index is 0.00338. The summed E-state index contributed by atoms with van der Waals surface area (Å²) in [5.74, 6) is 1.57. The minimum Gasteiger partial charge on any atom is -0.373 e. The first-order valence-electron chi connectivity index (χ1n) is 6.62. The number of aromatic nitrogens is 2. The van der Waals surface area contributed by atoms with Crippen molar-refractivity contribution in [3.8, 4) is 0 Å². The van der Waals surface area contributed by atoms with Gasteiger partial charge in [0.15, 0.2) is 0 Å². The zero-order valence-corrected chi connectivity index (χ0v) is 12.5. The molecule has 0 fully saturated rings. The molecule has 1 heterocycles. The molecule has 1 unspecified atom stereocenters. The van der Waals surface area contributed by atoms with Crippen LogP contribution >= 0.6 is 0 Å². The molecule has 0 saturated heterocycles. The second-order valence-corrected chi connectivity index (χ2v) is 6.30. The molecule has 0 bridgehead atoms. The van der Waals surface area contributed by atoms with E-state index in [1.165, 1.54) is 0 Å². The quantitative estimate of drug-likeness (QED) is 0.819. The van der Waals surface area contributed by atoms with Crippen LogP contribution in [-0.2, 0) is 11.3 Å². The van der Waals surface area contributed by atoms with Crippen LogP contribution in [0.25, 0.3) is 0 Å². The highest BCUT2D eigenvalue weighted by Crippen LogP contribution is 2.33. The summed E-state index contributed by atoms with van der Waals surface area (Å²) in [7, 11) is 1.73. The molecule has 0 amide bonds. The third kappa shape index (κ3) is 4.42. The van der Waals surface area contributed by atoms with Crippen molar-refractivity contribution >= 4 is 0 Å². The number of aromatic amines is 1. The van der Waals surface area contributed by atoms with E-state index in [4.69, 9.17) is 4.74 Å². The summed E-state index contributed by atoms with van der Waals surface area (Å²) >= 11 is 0. The van der Waals surface area contributed by atoms with E-state index in [-0.39, 0.29) is 11.5 Å². The lowest BCUT2D eigenvalue weighted by Gasteiger charge is -2.27. The molecule has 0 aliphatic heterocycles. The van der Waals surface area contributed by atoms with Crippen LogP contribution in [0.1, 0.15) is 52.2 Å². The maximum atomic E-state index is 5.54. The Labute approximate surface area is 111 Å². The monoisotopic (exact) mass is 253 g/mol. The number of nitrogens with zero attached hydrogens (tertiary/aromatic N) is 1. The smallest absolute Gasteiger partial charge is 0.136 e. The van der Waals surface area contributed by atoms with Crippen LogP contribution in [0.5, 0.6) is 0 Å². The van der Waals surface area contributed by atoms with Crippen molar-refractivity contribution in [1.29, 1.82) is 0 Å². The summed E-state index contributed by atoms with van der Waals surface area (Å²) in [6, 6.07) is 0. The van der Waals surface area contributed by atoms with Gasteiger partial charge in [-0.05, 0) is 17.9 Å². The van der Waals surface area contributed by atoms with E-state index in [9.17, 15) is 0 Å². The average molecular weight is 253 g/mol. The topological polar surface area (TPSA) is 49.9 Å². The summed E-state index contributed by atoms with van der Waals surface area (Å²) in [4.78, 5) is 7.78. The number of H-pyrrole nitrogens is 1. The highest BCUT2D eigenvalue weighted by atomic mass is 16.5. The fourth-order valence-corrected chi connectivity index (χ4v) is 1.97. The SMILES string of the molecule is COC(c1ncc(CNCC(C)C)[nH]1)C(C)(C)C. The fourth-order valence-electron chi connectivity index (χ4n) is 1.97. The fraction of sp³-hybridized carbons (Fsp3) is 0.786. The van der Waals surface area contributed by atoms with Crippen LogP contribution in [0.15, 0.2) is 6.20 Å². The molecule has 0 aliphatic rings. The third-order valence-corrected chi connectivity index (χ3v) is 2.79. The second-order valence-electron chi connectivity index (χ2n) is 6.30. The Hall–Kier alpha value is -0.870.